The Morgan fingerprint density at radius 2 is 2.00 bits per heavy atom. The van der Waals surface area contributed by atoms with E-state index in [9.17, 15) is 9.36 Å². The summed E-state index contributed by atoms with van der Waals surface area (Å²) < 4.78 is 22.6. The zero-order chi connectivity index (χ0) is 14.3. The van der Waals surface area contributed by atoms with E-state index in [1.165, 1.54) is 6.66 Å². The Bertz CT molecular complexity index is 449. The second-order valence-electron chi connectivity index (χ2n) is 4.27. The van der Waals surface area contributed by atoms with Crippen molar-refractivity contribution in [1.82, 2.24) is 5.09 Å². The molecule has 6 heteroatoms. The largest absolute Gasteiger partial charge is 0.465 e. The maximum atomic E-state index is 12.2. The fourth-order valence-electron chi connectivity index (χ4n) is 1.44. The van der Waals surface area contributed by atoms with Crippen LogP contribution in [-0.4, -0.2) is 25.3 Å². The van der Waals surface area contributed by atoms with Crippen LogP contribution in [0.4, 0.5) is 0 Å². The molecule has 0 radical (unpaired) electrons. The molecule has 0 heterocycles. The smallest absolute Gasteiger partial charge is 0.323 e. The quantitative estimate of drug-likeness (QED) is 0.616. The molecule has 0 saturated carbocycles. The van der Waals surface area contributed by atoms with Crippen LogP contribution in [0.3, 0.4) is 0 Å². The molecule has 1 unspecified atom stereocenters. The van der Waals surface area contributed by atoms with E-state index < -0.39 is 19.5 Å². The van der Waals surface area contributed by atoms with Gasteiger partial charge in [-0.1, -0.05) is 25.1 Å². The highest BCUT2D eigenvalue weighted by Gasteiger charge is 2.25. The fraction of sp³-hybridized carbons (Fsp3) is 0.462. The van der Waals surface area contributed by atoms with Gasteiger partial charge in [0.1, 0.15) is 11.8 Å². The molecule has 0 aliphatic rings. The standard InChI is InChI=1S/C13H20NO4P/c1-4-10-17-13(15)11(2)14-19(3,16)18-12-8-6-5-7-9-12/h5-9,11H,4,10H2,1-3H3,(H,14,16)/t11-,19?/m0/s1. The Labute approximate surface area is 113 Å². The lowest BCUT2D eigenvalue weighted by atomic mass is 10.3. The van der Waals surface area contributed by atoms with Gasteiger partial charge in [-0.15, -0.1) is 0 Å². The number of rotatable bonds is 7. The number of benzene rings is 1. The minimum Gasteiger partial charge on any atom is -0.465 e. The Balaban J connectivity index is 2.54. The highest BCUT2D eigenvalue weighted by atomic mass is 31.2. The SMILES string of the molecule is CCCOC(=O)[C@H](C)NP(C)(=O)Oc1ccccc1. The van der Waals surface area contributed by atoms with Crippen LogP contribution in [0, 0.1) is 0 Å². The van der Waals surface area contributed by atoms with Crippen LogP contribution < -0.4 is 9.61 Å². The molecule has 19 heavy (non-hydrogen) atoms. The third kappa shape index (κ3) is 5.90. The first-order valence-corrected chi connectivity index (χ1v) is 8.28. The molecule has 0 aliphatic heterocycles. The van der Waals surface area contributed by atoms with Gasteiger partial charge in [-0.25, -0.2) is 5.09 Å². The van der Waals surface area contributed by atoms with Crippen molar-refractivity contribution in [2.24, 2.45) is 0 Å². The minimum absolute atomic E-state index is 0.360. The van der Waals surface area contributed by atoms with E-state index >= 15 is 0 Å². The van der Waals surface area contributed by atoms with Crippen molar-refractivity contribution in [2.45, 2.75) is 26.3 Å². The van der Waals surface area contributed by atoms with E-state index in [0.717, 1.165) is 6.42 Å². The molecule has 0 spiro atoms. The molecule has 1 N–H and O–H groups in total. The van der Waals surface area contributed by atoms with E-state index in [4.69, 9.17) is 9.26 Å². The first kappa shape index (κ1) is 15.7. The molecule has 0 bridgehead atoms. The lowest BCUT2D eigenvalue weighted by Gasteiger charge is -2.20. The van der Waals surface area contributed by atoms with Crippen LogP contribution in [0.25, 0.3) is 0 Å². The molecule has 1 aromatic rings. The van der Waals surface area contributed by atoms with Gasteiger partial charge >= 0.3 is 13.5 Å². The number of carbonyl (C=O) groups excluding carboxylic acids is 1. The van der Waals surface area contributed by atoms with Gasteiger partial charge in [-0.2, -0.15) is 0 Å². The van der Waals surface area contributed by atoms with Crippen molar-refractivity contribution >= 4 is 13.5 Å². The lowest BCUT2D eigenvalue weighted by molar-refractivity contribution is -0.145. The van der Waals surface area contributed by atoms with Crippen LogP contribution >= 0.6 is 7.52 Å². The lowest BCUT2D eigenvalue weighted by Crippen LogP contribution is -2.34. The van der Waals surface area contributed by atoms with Crippen LogP contribution in [0.15, 0.2) is 30.3 Å². The molecular weight excluding hydrogens is 265 g/mol. The van der Waals surface area contributed by atoms with Gasteiger partial charge < -0.3 is 9.26 Å². The summed E-state index contributed by atoms with van der Waals surface area (Å²) in [6.07, 6.45) is 0.753. The third-order valence-electron chi connectivity index (χ3n) is 2.25. The normalized spacial score (nSPS) is 15.3. The molecule has 0 saturated heterocycles. The van der Waals surface area contributed by atoms with Crippen molar-refractivity contribution in [3.63, 3.8) is 0 Å². The van der Waals surface area contributed by atoms with Crippen molar-refractivity contribution in [3.05, 3.63) is 30.3 Å². The van der Waals surface area contributed by atoms with Gasteiger partial charge in [0.05, 0.1) is 6.61 Å². The number of ether oxygens (including phenoxy) is 1. The second kappa shape index (κ2) is 7.31. The van der Waals surface area contributed by atoms with E-state index in [0.29, 0.717) is 12.4 Å². The molecular formula is C13H20NO4P. The molecule has 0 amide bonds. The van der Waals surface area contributed by atoms with Gasteiger partial charge in [0, 0.05) is 6.66 Å². The molecule has 5 nitrogen and oxygen atoms in total. The minimum atomic E-state index is -3.11. The molecule has 2 atom stereocenters. The summed E-state index contributed by atoms with van der Waals surface area (Å²) in [5.74, 6) is 0.0653. The molecule has 1 rings (SSSR count). The van der Waals surface area contributed by atoms with Gasteiger partial charge in [0.15, 0.2) is 0 Å². The van der Waals surface area contributed by atoms with Crippen molar-refractivity contribution in [2.75, 3.05) is 13.3 Å². The number of nitrogens with one attached hydrogen (secondary N) is 1. The second-order valence-corrected chi connectivity index (χ2v) is 6.40. The Morgan fingerprint density at radius 3 is 2.58 bits per heavy atom. The predicted molar refractivity (Wildman–Crippen MR) is 74.4 cm³/mol. The zero-order valence-corrected chi connectivity index (χ0v) is 12.4. The molecule has 1 aromatic carbocycles. The summed E-state index contributed by atoms with van der Waals surface area (Å²) in [5.41, 5.74) is 0. The zero-order valence-electron chi connectivity index (χ0n) is 11.5. The molecule has 0 aromatic heterocycles. The average molecular weight is 285 g/mol. The molecule has 0 aliphatic carbocycles. The van der Waals surface area contributed by atoms with E-state index in [1.54, 1.807) is 31.2 Å². The highest BCUT2D eigenvalue weighted by Crippen LogP contribution is 2.39. The van der Waals surface area contributed by atoms with Crippen LogP contribution in [-0.2, 0) is 14.1 Å². The summed E-state index contributed by atoms with van der Waals surface area (Å²) in [4.78, 5) is 11.6. The number of esters is 1. The van der Waals surface area contributed by atoms with Gasteiger partial charge in [0.25, 0.3) is 0 Å². The van der Waals surface area contributed by atoms with Gasteiger partial charge in [0.2, 0.25) is 0 Å². The van der Waals surface area contributed by atoms with Crippen molar-refractivity contribution in [1.29, 1.82) is 0 Å². The number of para-hydroxylation sites is 1. The van der Waals surface area contributed by atoms with E-state index in [2.05, 4.69) is 5.09 Å². The average Bonchev–Trinajstić information content (AvgIpc) is 2.35. The van der Waals surface area contributed by atoms with Crippen LogP contribution in [0.1, 0.15) is 20.3 Å². The molecule has 106 valence electrons. The maximum absolute atomic E-state index is 12.2. The number of hydrogen-bond donors (Lipinski definition) is 1. The van der Waals surface area contributed by atoms with Crippen LogP contribution in [0.5, 0.6) is 5.75 Å². The highest BCUT2D eigenvalue weighted by molar-refractivity contribution is 7.56. The molecule has 0 fully saturated rings. The third-order valence-corrected chi connectivity index (χ3v) is 3.67. The van der Waals surface area contributed by atoms with Crippen molar-refractivity contribution in [3.8, 4) is 5.75 Å². The first-order valence-electron chi connectivity index (χ1n) is 6.21. The summed E-state index contributed by atoms with van der Waals surface area (Å²) >= 11 is 0. The number of carbonyl (C=O) groups is 1. The van der Waals surface area contributed by atoms with E-state index in [1.807, 2.05) is 13.0 Å². The monoisotopic (exact) mass is 285 g/mol. The topological polar surface area (TPSA) is 64.6 Å². The Kier molecular flexibility index (Phi) is 6.06. The number of hydrogen-bond acceptors (Lipinski definition) is 4. The Hall–Kier alpha value is -1.32. The Morgan fingerprint density at radius 1 is 1.37 bits per heavy atom. The van der Waals surface area contributed by atoms with Gasteiger partial charge in [-0.05, 0) is 25.5 Å². The first-order chi connectivity index (χ1) is 8.94. The van der Waals surface area contributed by atoms with Crippen molar-refractivity contribution < 1.29 is 18.6 Å². The fourth-order valence-corrected chi connectivity index (χ4v) is 2.83. The predicted octanol–water partition coefficient (Wildman–Crippen LogP) is 2.82. The summed E-state index contributed by atoms with van der Waals surface area (Å²) in [6, 6.07) is 8.15. The van der Waals surface area contributed by atoms with E-state index in [-0.39, 0.29) is 0 Å². The van der Waals surface area contributed by atoms with Crippen LogP contribution in [0.2, 0.25) is 0 Å². The summed E-state index contributed by atoms with van der Waals surface area (Å²) in [6.45, 7) is 5.30. The maximum Gasteiger partial charge on any atom is 0.323 e. The summed E-state index contributed by atoms with van der Waals surface area (Å²) in [5, 5.41) is 2.67. The summed E-state index contributed by atoms with van der Waals surface area (Å²) in [7, 11) is -3.11. The van der Waals surface area contributed by atoms with Gasteiger partial charge in [-0.3, -0.25) is 9.36 Å².